The molecule has 0 saturated heterocycles. The minimum Gasteiger partial charge on any atom is -0.330 e. The molecule has 8 heteroatoms. The smallest absolute Gasteiger partial charge is 0.243 e. The maximum Gasteiger partial charge on any atom is 0.243 e. The quantitative estimate of drug-likeness (QED) is 0.606. The number of halogens is 2. The Kier molecular flexibility index (Phi) is 5.81. The number of aromatic nitrogens is 1. The van der Waals surface area contributed by atoms with Crippen LogP contribution in [-0.4, -0.2) is 26.5 Å². The number of pyridine rings is 1. The summed E-state index contributed by atoms with van der Waals surface area (Å²) in [4.78, 5) is 3.74. The van der Waals surface area contributed by atoms with Crippen molar-refractivity contribution in [2.75, 3.05) is 13.1 Å². The summed E-state index contributed by atoms with van der Waals surface area (Å²) in [5.74, 6) is 0. The molecule has 3 N–H and O–H groups in total. The van der Waals surface area contributed by atoms with Crippen molar-refractivity contribution < 1.29 is 8.42 Å². The van der Waals surface area contributed by atoms with Gasteiger partial charge in [-0.25, -0.2) is 18.1 Å². The highest BCUT2D eigenvalue weighted by Crippen LogP contribution is 2.22. The number of unbranched alkanes of at least 4 members (excludes halogenated alkanes) is 1. The summed E-state index contributed by atoms with van der Waals surface area (Å²) in [5.41, 5.74) is 5.32. The van der Waals surface area contributed by atoms with E-state index in [1.807, 2.05) is 0 Å². The summed E-state index contributed by atoms with van der Waals surface area (Å²) < 4.78 is 26.8. The molecule has 1 aromatic rings. The van der Waals surface area contributed by atoms with Gasteiger partial charge < -0.3 is 5.73 Å². The van der Waals surface area contributed by atoms with E-state index in [1.165, 1.54) is 12.3 Å². The summed E-state index contributed by atoms with van der Waals surface area (Å²) in [5, 5.41) is -0.0421. The van der Waals surface area contributed by atoms with E-state index in [0.717, 1.165) is 6.42 Å². The molecule has 17 heavy (non-hydrogen) atoms. The Bertz CT molecular complexity index is 481. The van der Waals surface area contributed by atoms with Crippen molar-refractivity contribution in [3.8, 4) is 0 Å². The fourth-order valence-corrected chi connectivity index (χ4v) is 3.16. The lowest BCUT2D eigenvalue weighted by Crippen LogP contribution is -2.25. The lowest BCUT2D eigenvalue weighted by Gasteiger charge is -2.07. The molecule has 0 spiro atoms. The van der Waals surface area contributed by atoms with Crippen LogP contribution in [-0.2, 0) is 10.0 Å². The molecule has 0 radical (unpaired) electrons. The molecule has 0 aliphatic carbocycles. The van der Waals surface area contributed by atoms with E-state index in [4.69, 9.17) is 17.3 Å². The Morgan fingerprint density at radius 1 is 1.47 bits per heavy atom. The van der Waals surface area contributed by atoms with Crippen LogP contribution in [0.5, 0.6) is 0 Å². The number of sulfonamides is 1. The van der Waals surface area contributed by atoms with Crippen molar-refractivity contribution in [2.45, 2.75) is 17.7 Å². The Morgan fingerprint density at radius 2 is 2.18 bits per heavy atom. The maximum absolute atomic E-state index is 11.9. The average Bonchev–Trinajstić information content (AvgIpc) is 2.28. The van der Waals surface area contributed by atoms with Crippen molar-refractivity contribution in [1.29, 1.82) is 0 Å². The van der Waals surface area contributed by atoms with E-state index < -0.39 is 10.0 Å². The second-order valence-corrected chi connectivity index (χ2v) is 6.35. The number of rotatable bonds is 6. The monoisotopic (exact) mass is 341 g/mol. The molecule has 0 saturated carbocycles. The van der Waals surface area contributed by atoms with E-state index in [-0.39, 0.29) is 10.0 Å². The summed E-state index contributed by atoms with van der Waals surface area (Å²) in [6.45, 7) is 0.878. The molecule has 5 nitrogen and oxygen atoms in total. The van der Waals surface area contributed by atoms with Crippen molar-refractivity contribution >= 4 is 37.6 Å². The lowest BCUT2D eigenvalue weighted by molar-refractivity contribution is 0.576. The molecule has 0 aliphatic heterocycles. The minimum absolute atomic E-state index is 0.0266. The van der Waals surface area contributed by atoms with Gasteiger partial charge in [0.1, 0.15) is 10.0 Å². The fourth-order valence-electron chi connectivity index (χ4n) is 1.15. The zero-order valence-electron chi connectivity index (χ0n) is 8.99. The molecule has 0 aromatic carbocycles. The van der Waals surface area contributed by atoms with Crippen LogP contribution in [0.25, 0.3) is 0 Å². The first kappa shape index (κ1) is 14.8. The van der Waals surface area contributed by atoms with Crippen molar-refractivity contribution in [1.82, 2.24) is 9.71 Å². The first-order valence-electron chi connectivity index (χ1n) is 4.98. The van der Waals surface area contributed by atoms with Gasteiger partial charge in [0, 0.05) is 17.2 Å². The van der Waals surface area contributed by atoms with Crippen molar-refractivity contribution in [3.63, 3.8) is 0 Å². The fraction of sp³-hybridized carbons (Fsp3) is 0.444. The van der Waals surface area contributed by atoms with Crippen LogP contribution in [0, 0.1) is 0 Å². The topological polar surface area (TPSA) is 85.1 Å². The highest BCUT2D eigenvalue weighted by atomic mass is 79.9. The molecule has 0 aliphatic rings. The zero-order chi connectivity index (χ0) is 12.9. The Morgan fingerprint density at radius 3 is 2.82 bits per heavy atom. The van der Waals surface area contributed by atoms with Gasteiger partial charge in [-0.05, 0) is 41.4 Å². The van der Waals surface area contributed by atoms with Gasteiger partial charge in [0.05, 0.1) is 0 Å². The highest BCUT2D eigenvalue weighted by molar-refractivity contribution is 9.10. The number of hydrogen-bond donors (Lipinski definition) is 2. The predicted octanol–water partition coefficient (Wildman–Crippen LogP) is 1.51. The minimum atomic E-state index is -3.61. The van der Waals surface area contributed by atoms with Gasteiger partial charge in [-0.2, -0.15) is 0 Å². The molecular weight excluding hydrogens is 330 g/mol. The second kappa shape index (κ2) is 6.65. The molecule has 1 aromatic heterocycles. The predicted molar refractivity (Wildman–Crippen MR) is 70.4 cm³/mol. The van der Waals surface area contributed by atoms with E-state index in [9.17, 15) is 8.42 Å². The van der Waals surface area contributed by atoms with E-state index in [2.05, 4.69) is 25.6 Å². The SMILES string of the molecule is NCCCCNS(=O)(=O)c1cc(Br)cnc1Cl. The third-order valence-corrected chi connectivity index (χ3v) is 4.31. The van der Waals surface area contributed by atoms with E-state index >= 15 is 0 Å². The van der Waals surface area contributed by atoms with Gasteiger partial charge in [0.25, 0.3) is 0 Å². The normalized spacial score (nSPS) is 11.7. The van der Waals surface area contributed by atoms with Crippen molar-refractivity contribution in [3.05, 3.63) is 21.9 Å². The molecular formula is C9H13BrClN3O2S. The first-order valence-corrected chi connectivity index (χ1v) is 7.63. The van der Waals surface area contributed by atoms with Crippen LogP contribution in [0.15, 0.2) is 21.6 Å². The third kappa shape index (κ3) is 4.51. The Labute approximate surface area is 114 Å². The Balaban J connectivity index is 2.79. The van der Waals surface area contributed by atoms with Gasteiger partial charge in [-0.1, -0.05) is 11.6 Å². The number of nitrogens with one attached hydrogen (secondary N) is 1. The summed E-state index contributed by atoms with van der Waals surface area (Å²) >= 11 is 8.90. The van der Waals surface area contributed by atoms with E-state index in [1.54, 1.807) is 0 Å². The van der Waals surface area contributed by atoms with Gasteiger partial charge in [0.15, 0.2) is 0 Å². The average molecular weight is 343 g/mol. The molecule has 0 unspecified atom stereocenters. The van der Waals surface area contributed by atoms with Crippen LogP contribution >= 0.6 is 27.5 Å². The van der Waals surface area contributed by atoms with Crippen LogP contribution in [0.4, 0.5) is 0 Å². The van der Waals surface area contributed by atoms with Crippen LogP contribution in [0.2, 0.25) is 5.15 Å². The molecule has 1 rings (SSSR count). The molecule has 0 fully saturated rings. The molecule has 96 valence electrons. The van der Waals surface area contributed by atoms with Crippen LogP contribution in [0.3, 0.4) is 0 Å². The maximum atomic E-state index is 11.9. The second-order valence-electron chi connectivity index (χ2n) is 3.34. The van der Waals surface area contributed by atoms with Gasteiger partial charge in [-0.3, -0.25) is 0 Å². The standard InChI is InChI=1S/C9H13BrClN3O2S/c10-7-5-8(9(11)13-6-7)17(15,16)14-4-2-1-3-12/h5-6,14H,1-4,12H2. The largest absolute Gasteiger partial charge is 0.330 e. The van der Waals surface area contributed by atoms with Gasteiger partial charge in [0.2, 0.25) is 10.0 Å². The molecule has 1 heterocycles. The van der Waals surface area contributed by atoms with Crippen molar-refractivity contribution in [2.24, 2.45) is 5.73 Å². The highest BCUT2D eigenvalue weighted by Gasteiger charge is 2.18. The molecule has 0 bridgehead atoms. The number of nitrogens with two attached hydrogens (primary N) is 1. The first-order chi connectivity index (χ1) is 7.97. The number of nitrogens with zero attached hydrogens (tertiary/aromatic N) is 1. The van der Waals surface area contributed by atoms with Gasteiger partial charge in [-0.15, -0.1) is 0 Å². The number of hydrogen-bond acceptors (Lipinski definition) is 4. The molecule has 0 amide bonds. The summed E-state index contributed by atoms with van der Waals surface area (Å²) in [6, 6.07) is 1.42. The molecule has 0 atom stereocenters. The summed E-state index contributed by atoms with van der Waals surface area (Å²) in [7, 11) is -3.61. The lowest BCUT2D eigenvalue weighted by atomic mass is 10.3. The van der Waals surface area contributed by atoms with Gasteiger partial charge >= 0.3 is 0 Å². The Hall–Kier alpha value is -0.210. The third-order valence-electron chi connectivity index (χ3n) is 1.99. The summed E-state index contributed by atoms with van der Waals surface area (Å²) in [6.07, 6.45) is 2.90. The van der Waals surface area contributed by atoms with Crippen LogP contribution < -0.4 is 10.5 Å². The van der Waals surface area contributed by atoms with E-state index in [0.29, 0.717) is 24.0 Å². The zero-order valence-corrected chi connectivity index (χ0v) is 12.1. The van der Waals surface area contributed by atoms with Crippen LogP contribution in [0.1, 0.15) is 12.8 Å².